The van der Waals surface area contributed by atoms with Crippen LogP contribution in [0.5, 0.6) is 5.75 Å². The zero-order valence-electron chi connectivity index (χ0n) is 7.31. The third kappa shape index (κ3) is 2.45. The SMILES string of the molecule is NC(=O)C=Cc1cc(C=O)ccc1O. The molecular weight excluding hydrogens is 182 g/mol. The third-order valence-corrected chi connectivity index (χ3v) is 1.61. The lowest BCUT2D eigenvalue weighted by atomic mass is 10.1. The van der Waals surface area contributed by atoms with Crippen LogP contribution in [0.1, 0.15) is 15.9 Å². The van der Waals surface area contributed by atoms with Gasteiger partial charge in [-0.3, -0.25) is 9.59 Å². The Labute approximate surface area is 80.7 Å². The fourth-order valence-electron chi connectivity index (χ4n) is 0.952. The summed E-state index contributed by atoms with van der Waals surface area (Å²) >= 11 is 0. The van der Waals surface area contributed by atoms with Crippen molar-refractivity contribution < 1.29 is 14.7 Å². The summed E-state index contributed by atoms with van der Waals surface area (Å²) in [5.41, 5.74) is 5.69. The summed E-state index contributed by atoms with van der Waals surface area (Å²) in [6.45, 7) is 0. The van der Waals surface area contributed by atoms with Crippen molar-refractivity contribution in [2.24, 2.45) is 5.73 Å². The van der Waals surface area contributed by atoms with Crippen LogP contribution in [0.3, 0.4) is 0 Å². The Morgan fingerprint density at radius 2 is 2.14 bits per heavy atom. The van der Waals surface area contributed by atoms with Crippen molar-refractivity contribution in [3.05, 3.63) is 35.4 Å². The van der Waals surface area contributed by atoms with Crippen molar-refractivity contribution in [3.8, 4) is 5.75 Å². The summed E-state index contributed by atoms with van der Waals surface area (Å²) in [7, 11) is 0. The van der Waals surface area contributed by atoms with Gasteiger partial charge in [-0.2, -0.15) is 0 Å². The van der Waals surface area contributed by atoms with E-state index in [1.165, 1.54) is 24.3 Å². The molecule has 0 saturated heterocycles. The topological polar surface area (TPSA) is 80.4 Å². The van der Waals surface area contributed by atoms with Crippen LogP contribution in [0.15, 0.2) is 24.3 Å². The van der Waals surface area contributed by atoms with Crippen molar-refractivity contribution in [1.82, 2.24) is 0 Å². The third-order valence-electron chi connectivity index (χ3n) is 1.61. The lowest BCUT2D eigenvalue weighted by Crippen LogP contribution is -2.05. The van der Waals surface area contributed by atoms with Crippen LogP contribution in [0.4, 0.5) is 0 Å². The number of rotatable bonds is 3. The van der Waals surface area contributed by atoms with Crippen LogP contribution in [0, 0.1) is 0 Å². The Morgan fingerprint density at radius 1 is 1.43 bits per heavy atom. The second-order valence-corrected chi connectivity index (χ2v) is 2.67. The molecule has 0 unspecified atom stereocenters. The van der Waals surface area contributed by atoms with E-state index in [4.69, 9.17) is 5.73 Å². The molecule has 0 aliphatic heterocycles. The minimum atomic E-state index is -0.610. The summed E-state index contributed by atoms with van der Waals surface area (Å²) in [5, 5.41) is 9.32. The molecule has 0 bridgehead atoms. The minimum absolute atomic E-state index is 0.00639. The molecule has 3 N–H and O–H groups in total. The lowest BCUT2D eigenvalue weighted by Gasteiger charge is -1.98. The molecule has 4 heteroatoms. The molecule has 0 radical (unpaired) electrons. The highest BCUT2D eigenvalue weighted by Crippen LogP contribution is 2.18. The predicted octanol–water partition coefficient (Wildman–Crippen LogP) is 0.703. The highest BCUT2D eigenvalue weighted by Gasteiger charge is 1.99. The van der Waals surface area contributed by atoms with Crippen LogP contribution in [-0.4, -0.2) is 17.3 Å². The predicted molar refractivity (Wildman–Crippen MR) is 51.7 cm³/mol. The molecule has 4 nitrogen and oxygen atoms in total. The quantitative estimate of drug-likeness (QED) is 0.545. The summed E-state index contributed by atoms with van der Waals surface area (Å²) in [4.78, 5) is 20.8. The van der Waals surface area contributed by atoms with E-state index in [2.05, 4.69) is 0 Å². The molecule has 1 aromatic rings. The molecule has 0 aromatic heterocycles. The first-order valence-corrected chi connectivity index (χ1v) is 3.89. The highest BCUT2D eigenvalue weighted by atomic mass is 16.3. The summed E-state index contributed by atoms with van der Waals surface area (Å²) in [5.74, 6) is -0.617. The van der Waals surface area contributed by atoms with E-state index >= 15 is 0 Å². The highest BCUT2D eigenvalue weighted by molar-refractivity contribution is 5.91. The molecule has 1 amide bonds. The Balaban J connectivity index is 3.06. The molecular formula is C10H9NO3. The second-order valence-electron chi connectivity index (χ2n) is 2.67. The first kappa shape index (κ1) is 9.98. The van der Waals surface area contributed by atoms with E-state index in [0.717, 1.165) is 6.08 Å². The normalized spacial score (nSPS) is 10.3. The molecule has 1 aromatic carbocycles. The fraction of sp³-hybridized carbons (Fsp3) is 0. The molecule has 0 atom stereocenters. The van der Waals surface area contributed by atoms with Gasteiger partial charge in [-0.25, -0.2) is 0 Å². The van der Waals surface area contributed by atoms with E-state index in [1.807, 2.05) is 0 Å². The Morgan fingerprint density at radius 3 is 2.71 bits per heavy atom. The zero-order valence-corrected chi connectivity index (χ0v) is 7.31. The van der Waals surface area contributed by atoms with Crippen LogP contribution < -0.4 is 5.73 Å². The van der Waals surface area contributed by atoms with Crippen molar-refractivity contribution in [3.63, 3.8) is 0 Å². The lowest BCUT2D eigenvalue weighted by molar-refractivity contribution is -0.113. The molecule has 1 rings (SSSR count). The first-order chi connectivity index (χ1) is 6.63. The van der Waals surface area contributed by atoms with Crippen molar-refractivity contribution in [2.75, 3.05) is 0 Å². The van der Waals surface area contributed by atoms with E-state index in [1.54, 1.807) is 0 Å². The molecule has 0 saturated carbocycles. The van der Waals surface area contributed by atoms with Gasteiger partial charge in [-0.05, 0) is 24.3 Å². The number of phenolic OH excluding ortho intramolecular Hbond substituents is 1. The number of phenols is 1. The van der Waals surface area contributed by atoms with Gasteiger partial charge >= 0.3 is 0 Å². The second kappa shape index (κ2) is 4.23. The number of benzene rings is 1. The molecule has 0 fully saturated rings. The Kier molecular flexibility index (Phi) is 3.01. The monoisotopic (exact) mass is 191 g/mol. The van der Waals surface area contributed by atoms with E-state index < -0.39 is 5.91 Å². The number of carbonyl (C=O) groups excluding carboxylic acids is 2. The largest absolute Gasteiger partial charge is 0.507 e. The number of amides is 1. The molecule has 0 heterocycles. The zero-order chi connectivity index (χ0) is 10.6. The molecule has 14 heavy (non-hydrogen) atoms. The van der Waals surface area contributed by atoms with Gasteiger partial charge in [-0.15, -0.1) is 0 Å². The van der Waals surface area contributed by atoms with Gasteiger partial charge in [-0.1, -0.05) is 0 Å². The molecule has 0 spiro atoms. The fourth-order valence-corrected chi connectivity index (χ4v) is 0.952. The molecule has 0 aliphatic carbocycles. The van der Waals surface area contributed by atoms with E-state index in [-0.39, 0.29) is 5.75 Å². The van der Waals surface area contributed by atoms with Crippen LogP contribution in [0.2, 0.25) is 0 Å². The smallest absolute Gasteiger partial charge is 0.241 e. The van der Waals surface area contributed by atoms with Gasteiger partial charge in [0.05, 0.1) is 0 Å². The number of aldehydes is 1. The molecule has 72 valence electrons. The summed E-state index contributed by atoms with van der Waals surface area (Å²) in [6.07, 6.45) is 3.12. The van der Waals surface area contributed by atoms with Crippen molar-refractivity contribution in [2.45, 2.75) is 0 Å². The maximum atomic E-state index is 10.4. The van der Waals surface area contributed by atoms with E-state index in [0.29, 0.717) is 17.4 Å². The number of carbonyl (C=O) groups is 2. The van der Waals surface area contributed by atoms with Gasteiger partial charge in [0.1, 0.15) is 12.0 Å². The maximum Gasteiger partial charge on any atom is 0.241 e. The van der Waals surface area contributed by atoms with Gasteiger partial charge in [0.2, 0.25) is 5.91 Å². The Bertz CT molecular complexity index is 396. The van der Waals surface area contributed by atoms with Crippen molar-refractivity contribution >= 4 is 18.3 Å². The first-order valence-electron chi connectivity index (χ1n) is 3.89. The van der Waals surface area contributed by atoms with E-state index in [9.17, 15) is 14.7 Å². The summed E-state index contributed by atoms with van der Waals surface area (Å²) in [6, 6.07) is 4.32. The number of primary amides is 1. The number of nitrogens with two attached hydrogens (primary N) is 1. The van der Waals surface area contributed by atoms with Gasteiger partial charge in [0, 0.05) is 17.2 Å². The van der Waals surface area contributed by atoms with Crippen molar-refractivity contribution in [1.29, 1.82) is 0 Å². The molecule has 0 aliphatic rings. The van der Waals surface area contributed by atoms with Crippen LogP contribution in [0.25, 0.3) is 6.08 Å². The van der Waals surface area contributed by atoms with Gasteiger partial charge < -0.3 is 10.8 Å². The maximum absolute atomic E-state index is 10.4. The minimum Gasteiger partial charge on any atom is -0.507 e. The average Bonchev–Trinajstić information content (AvgIpc) is 2.16. The van der Waals surface area contributed by atoms with Gasteiger partial charge in [0.25, 0.3) is 0 Å². The number of aromatic hydroxyl groups is 1. The number of hydrogen-bond donors (Lipinski definition) is 2. The van der Waals surface area contributed by atoms with Crippen LogP contribution >= 0.6 is 0 Å². The number of hydrogen-bond acceptors (Lipinski definition) is 3. The van der Waals surface area contributed by atoms with Gasteiger partial charge in [0.15, 0.2) is 0 Å². The Hall–Kier alpha value is -2.10. The van der Waals surface area contributed by atoms with Crippen LogP contribution in [-0.2, 0) is 4.79 Å². The standard InChI is InChI=1S/C10H9NO3/c11-10(14)4-2-8-5-7(6-12)1-3-9(8)13/h1-6,13H,(H2,11,14). The average molecular weight is 191 g/mol. The summed E-state index contributed by atoms with van der Waals surface area (Å²) < 4.78 is 0.